The molecular formula is C16H14BrN7. The first-order valence-corrected chi connectivity index (χ1v) is 8.05. The molecule has 0 fully saturated rings. The average molecular weight is 384 g/mol. The Hall–Kier alpha value is -2.92. The van der Waals surface area contributed by atoms with E-state index in [9.17, 15) is 0 Å². The van der Waals surface area contributed by atoms with E-state index in [1.54, 1.807) is 24.7 Å². The van der Waals surface area contributed by atoms with Crippen molar-refractivity contribution in [3.8, 4) is 6.07 Å². The Bertz CT molecular complexity index is 855. The van der Waals surface area contributed by atoms with Crippen LogP contribution in [0.2, 0.25) is 0 Å². The second kappa shape index (κ2) is 7.57. The number of H-pyrrole nitrogens is 1. The topological polar surface area (TPSA) is 102 Å². The summed E-state index contributed by atoms with van der Waals surface area (Å²) < 4.78 is 0.779. The molecule has 3 rings (SSSR count). The maximum atomic E-state index is 8.95. The Morgan fingerprint density at radius 2 is 2.21 bits per heavy atom. The van der Waals surface area contributed by atoms with Crippen molar-refractivity contribution in [1.29, 1.82) is 5.26 Å². The van der Waals surface area contributed by atoms with E-state index in [0.29, 0.717) is 23.9 Å². The van der Waals surface area contributed by atoms with E-state index in [2.05, 4.69) is 52.6 Å². The van der Waals surface area contributed by atoms with Crippen molar-refractivity contribution >= 4 is 33.4 Å². The van der Waals surface area contributed by atoms with Crippen molar-refractivity contribution in [3.63, 3.8) is 0 Å². The number of hydrogen-bond donors (Lipinski definition) is 3. The van der Waals surface area contributed by atoms with E-state index in [0.717, 1.165) is 22.3 Å². The number of nitrogens with zero attached hydrogens (tertiary/aromatic N) is 4. The fourth-order valence-corrected chi connectivity index (χ4v) is 2.41. The third-order valence-electron chi connectivity index (χ3n) is 3.22. The predicted octanol–water partition coefficient (Wildman–Crippen LogP) is 3.23. The highest BCUT2D eigenvalue weighted by atomic mass is 79.9. The summed E-state index contributed by atoms with van der Waals surface area (Å²) in [5, 5.41) is 15.3. The van der Waals surface area contributed by atoms with Gasteiger partial charge in [0.05, 0.1) is 28.1 Å². The van der Waals surface area contributed by atoms with Crippen LogP contribution in [0.1, 0.15) is 11.3 Å². The van der Waals surface area contributed by atoms with Crippen molar-refractivity contribution in [1.82, 2.24) is 19.9 Å². The van der Waals surface area contributed by atoms with Crippen molar-refractivity contribution in [2.24, 2.45) is 0 Å². The van der Waals surface area contributed by atoms with Crippen molar-refractivity contribution in [3.05, 3.63) is 58.7 Å². The van der Waals surface area contributed by atoms with Gasteiger partial charge in [-0.05, 0) is 34.1 Å². The number of nitrogens with one attached hydrogen (secondary N) is 3. The molecule has 24 heavy (non-hydrogen) atoms. The number of benzene rings is 1. The molecule has 0 aliphatic rings. The number of nitriles is 1. The molecule has 2 heterocycles. The minimum Gasteiger partial charge on any atom is -0.369 e. The molecule has 1 aromatic carbocycles. The lowest BCUT2D eigenvalue weighted by atomic mass is 10.2. The van der Waals surface area contributed by atoms with Crippen LogP contribution < -0.4 is 10.6 Å². The van der Waals surface area contributed by atoms with Gasteiger partial charge in [0.1, 0.15) is 5.82 Å². The normalized spacial score (nSPS) is 10.2. The number of aromatic nitrogens is 4. The number of hydrogen-bond acceptors (Lipinski definition) is 6. The summed E-state index contributed by atoms with van der Waals surface area (Å²) in [5.41, 5.74) is 2.33. The van der Waals surface area contributed by atoms with E-state index in [1.165, 1.54) is 0 Å². The van der Waals surface area contributed by atoms with Gasteiger partial charge in [0, 0.05) is 31.0 Å². The van der Waals surface area contributed by atoms with E-state index >= 15 is 0 Å². The van der Waals surface area contributed by atoms with Gasteiger partial charge in [-0.2, -0.15) is 10.2 Å². The molecule has 0 saturated heterocycles. The fraction of sp³-hybridized carbons (Fsp3) is 0.125. The molecule has 3 N–H and O–H groups in total. The predicted molar refractivity (Wildman–Crippen MR) is 95.0 cm³/mol. The van der Waals surface area contributed by atoms with Gasteiger partial charge in [-0.1, -0.05) is 6.07 Å². The minimum absolute atomic E-state index is 0.454. The van der Waals surface area contributed by atoms with Gasteiger partial charge in [0.15, 0.2) is 0 Å². The maximum absolute atomic E-state index is 8.95. The lowest BCUT2D eigenvalue weighted by Crippen LogP contribution is -2.09. The van der Waals surface area contributed by atoms with Gasteiger partial charge >= 0.3 is 0 Å². The van der Waals surface area contributed by atoms with Crippen LogP contribution in [0.3, 0.4) is 0 Å². The summed E-state index contributed by atoms with van der Waals surface area (Å²) in [7, 11) is 0. The zero-order chi connectivity index (χ0) is 16.8. The van der Waals surface area contributed by atoms with Crippen LogP contribution in [0.5, 0.6) is 0 Å². The van der Waals surface area contributed by atoms with Gasteiger partial charge in [0.2, 0.25) is 5.95 Å². The monoisotopic (exact) mass is 383 g/mol. The highest BCUT2D eigenvalue weighted by Gasteiger charge is 2.06. The molecule has 7 nitrogen and oxygen atoms in total. The van der Waals surface area contributed by atoms with Crippen LogP contribution in [0.4, 0.5) is 17.5 Å². The third kappa shape index (κ3) is 4.08. The molecule has 0 atom stereocenters. The zero-order valence-corrected chi connectivity index (χ0v) is 14.2. The minimum atomic E-state index is 0.454. The standard InChI is InChI=1S/C16H14BrN7/c17-14-9-21-16(23-12-3-1-2-11(6-12)7-18)24-15(14)20-5-4-13-8-19-10-22-13/h1-3,6,8-10H,4-5H2,(H,19,22)(H2,20,21,23,24). The molecule has 0 spiro atoms. The first kappa shape index (κ1) is 16.0. The average Bonchev–Trinajstić information content (AvgIpc) is 3.11. The quantitative estimate of drug-likeness (QED) is 0.603. The second-order valence-corrected chi connectivity index (χ2v) is 5.80. The Kier molecular flexibility index (Phi) is 5.03. The Labute approximate surface area is 147 Å². The smallest absolute Gasteiger partial charge is 0.229 e. The van der Waals surface area contributed by atoms with Crippen LogP contribution >= 0.6 is 15.9 Å². The van der Waals surface area contributed by atoms with E-state index < -0.39 is 0 Å². The van der Waals surface area contributed by atoms with E-state index in [-0.39, 0.29) is 0 Å². The molecule has 120 valence electrons. The van der Waals surface area contributed by atoms with E-state index in [4.69, 9.17) is 5.26 Å². The molecule has 0 amide bonds. The third-order valence-corrected chi connectivity index (χ3v) is 3.80. The first-order chi connectivity index (χ1) is 11.7. The molecule has 0 saturated carbocycles. The van der Waals surface area contributed by atoms with Crippen molar-refractivity contribution in [2.45, 2.75) is 6.42 Å². The van der Waals surface area contributed by atoms with Gasteiger partial charge in [-0.3, -0.25) is 0 Å². The van der Waals surface area contributed by atoms with E-state index in [1.807, 2.05) is 18.3 Å². The summed E-state index contributed by atoms with van der Waals surface area (Å²) in [6.45, 7) is 0.698. The first-order valence-electron chi connectivity index (χ1n) is 7.26. The lowest BCUT2D eigenvalue weighted by Gasteiger charge is -2.10. The number of anilines is 3. The SMILES string of the molecule is N#Cc1cccc(Nc2ncc(Br)c(NCCc3c[nH]cn3)n2)c1. The largest absolute Gasteiger partial charge is 0.369 e. The fourth-order valence-electron chi connectivity index (χ4n) is 2.08. The summed E-state index contributed by atoms with van der Waals surface area (Å²) in [5.74, 6) is 1.15. The zero-order valence-electron chi connectivity index (χ0n) is 12.6. The molecule has 0 unspecified atom stereocenters. The molecule has 0 bridgehead atoms. The van der Waals surface area contributed by atoms with Crippen LogP contribution in [0.25, 0.3) is 0 Å². The second-order valence-electron chi connectivity index (χ2n) is 4.95. The summed E-state index contributed by atoms with van der Waals surface area (Å²) >= 11 is 3.44. The highest BCUT2D eigenvalue weighted by molar-refractivity contribution is 9.10. The molecule has 0 aliphatic carbocycles. The number of rotatable bonds is 6. The van der Waals surface area contributed by atoms with Crippen LogP contribution in [0.15, 0.2) is 47.5 Å². The lowest BCUT2D eigenvalue weighted by molar-refractivity contribution is 0.962. The van der Waals surface area contributed by atoms with Gasteiger partial charge in [-0.15, -0.1) is 0 Å². The van der Waals surface area contributed by atoms with Crippen LogP contribution in [0, 0.1) is 11.3 Å². The summed E-state index contributed by atoms with van der Waals surface area (Å²) in [6.07, 6.45) is 5.99. The number of imidazole rings is 1. The molecule has 2 aromatic heterocycles. The Morgan fingerprint density at radius 1 is 1.29 bits per heavy atom. The molecular weight excluding hydrogens is 370 g/mol. The van der Waals surface area contributed by atoms with Gasteiger partial charge in [0.25, 0.3) is 0 Å². The maximum Gasteiger partial charge on any atom is 0.229 e. The van der Waals surface area contributed by atoms with Crippen LogP contribution in [-0.4, -0.2) is 26.5 Å². The molecule has 3 aromatic rings. The Balaban J connectivity index is 1.67. The van der Waals surface area contributed by atoms with Gasteiger partial charge < -0.3 is 15.6 Å². The number of aromatic amines is 1. The molecule has 0 radical (unpaired) electrons. The summed E-state index contributed by atoms with van der Waals surface area (Å²) in [6, 6.07) is 9.26. The van der Waals surface area contributed by atoms with Gasteiger partial charge in [-0.25, -0.2) is 9.97 Å². The van der Waals surface area contributed by atoms with Crippen molar-refractivity contribution in [2.75, 3.05) is 17.2 Å². The van der Waals surface area contributed by atoms with Crippen molar-refractivity contribution < 1.29 is 0 Å². The Morgan fingerprint density at radius 3 is 3.00 bits per heavy atom. The highest BCUT2D eigenvalue weighted by Crippen LogP contribution is 2.22. The number of halogens is 1. The van der Waals surface area contributed by atoms with Crippen LogP contribution in [-0.2, 0) is 6.42 Å². The summed E-state index contributed by atoms with van der Waals surface area (Å²) in [4.78, 5) is 15.8. The molecule has 0 aliphatic heterocycles. The molecule has 8 heteroatoms.